The molecule has 0 radical (unpaired) electrons. The third-order valence-corrected chi connectivity index (χ3v) is 5.96. The van der Waals surface area contributed by atoms with Gasteiger partial charge in [0.05, 0.1) is 0 Å². The van der Waals surface area contributed by atoms with Crippen LogP contribution in [0, 0.1) is 0 Å². The van der Waals surface area contributed by atoms with Crippen LogP contribution in [-0.4, -0.2) is 32.8 Å². The van der Waals surface area contributed by atoms with Gasteiger partial charge in [-0.3, -0.25) is 4.90 Å². The Hall–Kier alpha value is -2.47. The van der Waals surface area contributed by atoms with E-state index in [1.165, 1.54) is 18.4 Å². The van der Waals surface area contributed by atoms with E-state index in [1.807, 2.05) is 6.07 Å². The lowest BCUT2D eigenvalue weighted by molar-refractivity contribution is 0.243. The van der Waals surface area contributed by atoms with Gasteiger partial charge in [0, 0.05) is 30.0 Å². The molecule has 2 fully saturated rings. The van der Waals surface area contributed by atoms with Crippen LogP contribution in [0.5, 0.6) is 0 Å². The van der Waals surface area contributed by atoms with Crippen LogP contribution in [0.3, 0.4) is 0 Å². The summed E-state index contributed by atoms with van der Waals surface area (Å²) in [4.78, 5) is 7.32. The van der Waals surface area contributed by atoms with E-state index in [0.29, 0.717) is 29.6 Å². The average Bonchev–Trinajstić information content (AvgIpc) is 3.43. The molecule has 2 aliphatic heterocycles. The minimum Gasteiger partial charge on any atom is -0.360 e. The number of rotatable bonds is 4. The molecule has 0 saturated carbocycles. The highest BCUT2D eigenvalue weighted by atomic mass is 16.5. The van der Waals surface area contributed by atoms with E-state index in [0.717, 1.165) is 24.6 Å². The summed E-state index contributed by atoms with van der Waals surface area (Å²) in [5.41, 5.74) is 2.01. The fourth-order valence-electron chi connectivity index (χ4n) is 4.60. The van der Waals surface area contributed by atoms with Gasteiger partial charge >= 0.3 is 0 Å². The first-order valence-corrected chi connectivity index (χ1v) is 9.82. The Morgan fingerprint density at radius 3 is 2.74 bits per heavy atom. The summed E-state index contributed by atoms with van der Waals surface area (Å²) in [6, 6.07) is 13.6. The van der Waals surface area contributed by atoms with Crippen molar-refractivity contribution in [3.05, 3.63) is 53.5 Å². The predicted octanol–water partition coefficient (Wildman–Crippen LogP) is 4.54. The van der Waals surface area contributed by atoms with Crippen LogP contribution in [0.4, 0.5) is 0 Å². The second kappa shape index (κ2) is 6.60. The SMILES string of the molecule is CC(C)c1cc(-c2nc([C@H]3C[C@@H](c4ccccc4)N4CCC[C@H]34)no2)no1. The summed E-state index contributed by atoms with van der Waals surface area (Å²) in [5, 5.41) is 8.42. The van der Waals surface area contributed by atoms with Gasteiger partial charge in [-0.25, -0.2) is 0 Å². The standard InChI is InChI=1S/C21H24N4O2/c1-13(2)19-12-16(23-26-19)21-22-20(24-27-21)15-11-18(14-7-4-3-5-8-14)25-10-6-9-17(15)25/h3-5,7-8,12-13,15,17-18H,6,9-11H2,1-2H3/t15-,17+,18-/m0/s1. The molecule has 0 spiro atoms. The monoisotopic (exact) mass is 364 g/mol. The summed E-state index contributed by atoms with van der Waals surface area (Å²) >= 11 is 0. The molecule has 2 aliphatic rings. The third kappa shape index (κ3) is 2.88. The van der Waals surface area contributed by atoms with E-state index >= 15 is 0 Å². The number of hydrogen-bond acceptors (Lipinski definition) is 6. The van der Waals surface area contributed by atoms with Crippen molar-refractivity contribution in [2.45, 2.75) is 57.0 Å². The summed E-state index contributed by atoms with van der Waals surface area (Å²) in [6.07, 6.45) is 3.46. The quantitative estimate of drug-likeness (QED) is 0.677. The van der Waals surface area contributed by atoms with E-state index in [1.54, 1.807) is 0 Å². The molecule has 0 N–H and O–H groups in total. The number of nitrogens with zero attached hydrogens (tertiary/aromatic N) is 4. The first-order chi connectivity index (χ1) is 13.2. The lowest BCUT2D eigenvalue weighted by atomic mass is 9.94. The Morgan fingerprint density at radius 2 is 1.96 bits per heavy atom. The zero-order valence-corrected chi connectivity index (χ0v) is 15.7. The van der Waals surface area contributed by atoms with Gasteiger partial charge in [-0.15, -0.1) is 0 Å². The van der Waals surface area contributed by atoms with Crippen molar-refractivity contribution in [3.63, 3.8) is 0 Å². The summed E-state index contributed by atoms with van der Waals surface area (Å²) in [6.45, 7) is 5.29. The van der Waals surface area contributed by atoms with Crippen LogP contribution in [0.15, 0.2) is 45.4 Å². The predicted molar refractivity (Wildman–Crippen MR) is 100 cm³/mol. The molecule has 5 rings (SSSR count). The molecule has 0 aliphatic carbocycles. The normalized spacial score (nSPS) is 25.4. The molecule has 3 aromatic rings. The number of benzene rings is 1. The van der Waals surface area contributed by atoms with Crippen molar-refractivity contribution < 1.29 is 9.05 Å². The fourth-order valence-corrected chi connectivity index (χ4v) is 4.60. The van der Waals surface area contributed by atoms with Crippen LogP contribution in [0.25, 0.3) is 11.6 Å². The van der Waals surface area contributed by atoms with Gasteiger partial charge in [-0.1, -0.05) is 54.5 Å². The molecule has 6 heteroatoms. The van der Waals surface area contributed by atoms with Crippen molar-refractivity contribution in [2.75, 3.05) is 6.54 Å². The zero-order chi connectivity index (χ0) is 18.4. The molecular formula is C21H24N4O2. The summed E-state index contributed by atoms with van der Waals surface area (Å²) in [7, 11) is 0. The Bertz CT molecular complexity index is 917. The van der Waals surface area contributed by atoms with E-state index < -0.39 is 0 Å². The second-order valence-corrected chi connectivity index (χ2v) is 7.94. The van der Waals surface area contributed by atoms with Gasteiger partial charge in [0.1, 0.15) is 5.76 Å². The molecule has 0 unspecified atom stereocenters. The molecule has 140 valence electrons. The van der Waals surface area contributed by atoms with Crippen molar-refractivity contribution in [1.29, 1.82) is 0 Å². The van der Waals surface area contributed by atoms with Gasteiger partial charge in [0.25, 0.3) is 5.89 Å². The average molecular weight is 364 g/mol. The molecule has 4 heterocycles. The Labute approximate surface area is 158 Å². The minimum atomic E-state index is 0.280. The molecular weight excluding hydrogens is 340 g/mol. The first-order valence-electron chi connectivity index (χ1n) is 9.82. The second-order valence-electron chi connectivity index (χ2n) is 7.94. The van der Waals surface area contributed by atoms with Crippen molar-refractivity contribution in [2.24, 2.45) is 0 Å². The number of hydrogen-bond donors (Lipinski definition) is 0. The van der Waals surface area contributed by atoms with Crippen LogP contribution in [0.2, 0.25) is 0 Å². The summed E-state index contributed by atoms with van der Waals surface area (Å²) in [5.74, 6) is 2.66. The van der Waals surface area contributed by atoms with Crippen LogP contribution in [0.1, 0.15) is 68.1 Å². The van der Waals surface area contributed by atoms with Crippen molar-refractivity contribution in [1.82, 2.24) is 20.2 Å². The smallest absolute Gasteiger partial charge is 0.280 e. The summed E-state index contributed by atoms with van der Waals surface area (Å²) < 4.78 is 10.9. The Kier molecular flexibility index (Phi) is 4.08. The highest BCUT2D eigenvalue weighted by molar-refractivity contribution is 5.46. The van der Waals surface area contributed by atoms with Crippen LogP contribution < -0.4 is 0 Å². The van der Waals surface area contributed by atoms with Crippen LogP contribution in [-0.2, 0) is 0 Å². The van der Waals surface area contributed by atoms with Gasteiger partial charge in [-0.2, -0.15) is 4.98 Å². The van der Waals surface area contributed by atoms with E-state index in [9.17, 15) is 0 Å². The number of aromatic nitrogens is 3. The molecule has 27 heavy (non-hydrogen) atoms. The maximum absolute atomic E-state index is 5.54. The molecule has 0 bridgehead atoms. The van der Waals surface area contributed by atoms with Crippen LogP contribution >= 0.6 is 0 Å². The van der Waals surface area contributed by atoms with Gasteiger partial charge in [-0.05, 0) is 31.4 Å². The molecule has 0 amide bonds. The van der Waals surface area contributed by atoms with Gasteiger partial charge in [0.2, 0.25) is 0 Å². The fraction of sp³-hybridized carbons (Fsp3) is 0.476. The number of fused-ring (bicyclic) bond motifs is 1. The molecule has 3 atom stereocenters. The molecule has 1 aromatic carbocycles. The molecule has 6 nitrogen and oxygen atoms in total. The maximum Gasteiger partial charge on any atom is 0.280 e. The van der Waals surface area contributed by atoms with Crippen molar-refractivity contribution >= 4 is 0 Å². The van der Waals surface area contributed by atoms with Gasteiger partial charge in [0.15, 0.2) is 11.5 Å². The maximum atomic E-state index is 5.54. The zero-order valence-electron chi connectivity index (χ0n) is 15.7. The lowest BCUT2D eigenvalue weighted by Gasteiger charge is -2.24. The topological polar surface area (TPSA) is 68.2 Å². The lowest BCUT2D eigenvalue weighted by Crippen LogP contribution is -2.27. The van der Waals surface area contributed by atoms with E-state index in [4.69, 9.17) is 14.0 Å². The minimum absolute atomic E-state index is 0.280. The first kappa shape index (κ1) is 16.7. The van der Waals surface area contributed by atoms with E-state index in [-0.39, 0.29) is 5.92 Å². The Morgan fingerprint density at radius 1 is 1.11 bits per heavy atom. The third-order valence-electron chi connectivity index (χ3n) is 5.96. The van der Waals surface area contributed by atoms with Gasteiger partial charge < -0.3 is 9.05 Å². The van der Waals surface area contributed by atoms with E-state index in [2.05, 4.69) is 59.4 Å². The van der Waals surface area contributed by atoms with Crippen molar-refractivity contribution in [3.8, 4) is 11.6 Å². The largest absolute Gasteiger partial charge is 0.360 e. The highest BCUT2D eigenvalue weighted by Crippen LogP contribution is 2.48. The Balaban J connectivity index is 1.42. The highest BCUT2D eigenvalue weighted by Gasteiger charge is 2.46. The molecule has 2 aromatic heterocycles. The molecule has 2 saturated heterocycles.